The minimum atomic E-state index is -1.05. The lowest BCUT2D eigenvalue weighted by Crippen LogP contribution is -1.98. The zero-order valence-electron chi connectivity index (χ0n) is 10.2. The number of nitrogens with one attached hydrogen (secondary N) is 1. The number of anilines is 1. The molecule has 0 aliphatic rings. The van der Waals surface area contributed by atoms with Crippen molar-refractivity contribution in [2.45, 2.75) is 6.92 Å². The molecule has 0 amide bonds. The van der Waals surface area contributed by atoms with Gasteiger partial charge in [0.15, 0.2) is 0 Å². The molecule has 0 radical (unpaired) electrons. The van der Waals surface area contributed by atoms with Gasteiger partial charge < -0.3 is 20.6 Å². The lowest BCUT2D eigenvalue weighted by Gasteiger charge is -2.07. The highest BCUT2D eigenvalue weighted by Crippen LogP contribution is 2.32. The van der Waals surface area contributed by atoms with Crippen LogP contribution in [0.15, 0.2) is 24.3 Å². The Morgan fingerprint density at radius 3 is 2.67 bits per heavy atom. The maximum absolute atomic E-state index is 11.0. The van der Waals surface area contributed by atoms with Gasteiger partial charge in [-0.1, -0.05) is 11.6 Å². The second-order valence-corrected chi connectivity index (χ2v) is 4.02. The van der Waals surface area contributed by atoms with E-state index in [1.54, 1.807) is 7.11 Å². The van der Waals surface area contributed by atoms with Crippen molar-refractivity contribution in [3.8, 4) is 17.0 Å². The fourth-order valence-corrected chi connectivity index (χ4v) is 1.82. The number of hydrogen-bond acceptors (Lipinski definition) is 3. The van der Waals surface area contributed by atoms with Crippen LogP contribution >= 0.6 is 0 Å². The summed E-state index contributed by atoms with van der Waals surface area (Å²) in [4.78, 5) is 13.8. The first-order valence-electron chi connectivity index (χ1n) is 5.39. The molecule has 2 aromatic rings. The SMILES string of the molecule is COc1ccc(C)cc1-c1cc(C(=O)O)c(N)[nH]1. The highest BCUT2D eigenvalue weighted by atomic mass is 16.5. The van der Waals surface area contributed by atoms with Crippen LogP contribution in [-0.2, 0) is 0 Å². The molecule has 18 heavy (non-hydrogen) atoms. The summed E-state index contributed by atoms with van der Waals surface area (Å²) in [6.07, 6.45) is 0. The van der Waals surface area contributed by atoms with Gasteiger partial charge in [-0.15, -0.1) is 0 Å². The largest absolute Gasteiger partial charge is 0.496 e. The number of methoxy groups -OCH3 is 1. The summed E-state index contributed by atoms with van der Waals surface area (Å²) in [5.74, 6) is -0.249. The number of nitrogens with two attached hydrogens (primary N) is 1. The van der Waals surface area contributed by atoms with Gasteiger partial charge in [0.05, 0.1) is 12.8 Å². The number of rotatable bonds is 3. The number of aryl methyl sites for hydroxylation is 1. The molecule has 2 rings (SSSR count). The maximum atomic E-state index is 11.0. The van der Waals surface area contributed by atoms with Crippen LogP contribution in [-0.4, -0.2) is 23.2 Å². The third-order valence-electron chi connectivity index (χ3n) is 2.72. The number of carboxylic acids is 1. The zero-order chi connectivity index (χ0) is 13.3. The second kappa shape index (κ2) is 4.44. The van der Waals surface area contributed by atoms with Crippen LogP contribution in [0.4, 0.5) is 5.82 Å². The summed E-state index contributed by atoms with van der Waals surface area (Å²) >= 11 is 0. The zero-order valence-corrected chi connectivity index (χ0v) is 10.2. The van der Waals surface area contributed by atoms with Crippen LogP contribution in [0, 0.1) is 6.92 Å². The molecule has 0 atom stereocenters. The molecule has 0 unspecified atom stereocenters. The molecule has 0 saturated heterocycles. The molecule has 5 heteroatoms. The number of hydrogen-bond donors (Lipinski definition) is 3. The van der Waals surface area contributed by atoms with Gasteiger partial charge >= 0.3 is 5.97 Å². The van der Waals surface area contributed by atoms with Gasteiger partial charge in [0, 0.05) is 5.56 Å². The molecular formula is C13H14N2O3. The van der Waals surface area contributed by atoms with Crippen molar-refractivity contribution in [2.24, 2.45) is 0 Å². The standard InChI is InChI=1S/C13H14N2O3/c1-7-3-4-11(18-2)8(5-7)10-6-9(13(16)17)12(14)15-10/h3-6,15H,14H2,1-2H3,(H,16,17). The molecular weight excluding hydrogens is 232 g/mol. The quantitative estimate of drug-likeness (QED) is 0.775. The van der Waals surface area contributed by atoms with Gasteiger partial charge in [0.25, 0.3) is 0 Å². The maximum Gasteiger partial charge on any atom is 0.339 e. The smallest absolute Gasteiger partial charge is 0.339 e. The fourth-order valence-electron chi connectivity index (χ4n) is 1.82. The van der Waals surface area contributed by atoms with E-state index in [4.69, 9.17) is 15.6 Å². The summed E-state index contributed by atoms with van der Waals surface area (Å²) in [5, 5.41) is 8.98. The van der Waals surface area contributed by atoms with Gasteiger partial charge in [-0.05, 0) is 25.1 Å². The molecule has 94 valence electrons. The van der Waals surface area contributed by atoms with E-state index < -0.39 is 5.97 Å². The van der Waals surface area contributed by atoms with Crippen molar-refractivity contribution < 1.29 is 14.6 Å². The average Bonchev–Trinajstić information content (AvgIpc) is 2.71. The van der Waals surface area contributed by atoms with Gasteiger partial charge in [-0.25, -0.2) is 4.79 Å². The van der Waals surface area contributed by atoms with E-state index >= 15 is 0 Å². The Balaban J connectivity index is 2.58. The number of H-pyrrole nitrogens is 1. The van der Waals surface area contributed by atoms with E-state index in [0.29, 0.717) is 11.4 Å². The number of ether oxygens (including phenoxy) is 1. The fraction of sp³-hybridized carbons (Fsp3) is 0.154. The Bertz CT molecular complexity index is 602. The van der Waals surface area contributed by atoms with Gasteiger partial charge in [-0.3, -0.25) is 0 Å². The molecule has 0 aliphatic carbocycles. The van der Waals surface area contributed by atoms with E-state index in [1.165, 1.54) is 6.07 Å². The van der Waals surface area contributed by atoms with Crippen LogP contribution in [0.5, 0.6) is 5.75 Å². The first-order chi connectivity index (χ1) is 8.52. The Morgan fingerprint density at radius 2 is 2.11 bits per heavy atom. The molecule has 5 nitrogen and oxygen atoms in total. The molecule has 0 aliphatic heterocycles. The number of aromatic nitrogens is 1. The molecule has 0 bridgehead atoms. The minimum absolute atomic E-state index is 0.0635. The van der Waals surface area contributed by atoms with E-state index in [1.807, 2.05) is 25.1 Å². The molecule has 0 spiro atoms. The lowest BCUT2D eigenvalue weighted by molar-refractivity contribution is 0.0698. The highest BCUT2D eigenvalue weighted by Gasteiger charge is 2.15. The Hall–Kier alpha value is -2.43. The van der Waals surface area contributed by atoms with Gasteiger partial charge in [0.2, 0.25) is 0 Å². The second-order valence-electron chi connectivity index (χ2n) is 4.02. The summed E-state index contributed by atoms with van der Waals surface area (Å²) in [6.45, 7) is 1.95. The highest BCUT2D eigenvalue weighted by molar-refractivity contribution is 5.95. The summed E-state index contributed by atoms with van der Waals surface area (Å²) in [6, 6.07) is 7.18. The molecule has 0 fully saturated rings. The summed E-state index contributed by atoms with van der Waals surface area (Å²) < 4.78 is 5.26. The Morgan fingerprint density at radius 1 is 1.39 bits per heavy atom. The Labute approximate surface area is 104 Å². The van der Waals surface area contributed by atoms with E-state index in [-0.39, 0.29) is 11.4 Å². The predicted octanol–water partition coefficient (Wildman–Crippen LogP) is 2.28. The van der Waals surface area contributed by atoms with Crippen molar-refractivity contribution in [1.29, 1.82) is 0 Å². The van der Waals surface area contributed by atoms with Crippen molar-refractivity contribution in [2.75, 3.05) is 12.8 Å². The lowest BCUT2D eigenvalue weighted by atomic mass is 10.1. The number of benzene rings is 1. The first kappa shape index (κ1) is 12.0. The first-order valence-corrected chi connectivity index (χ1v) is 5.39. The Kier molecular flexibility index (Phi) is 2.97. The van der Waals surface area contributed by atoms with Crippen molar-refractivity contribution >= 4 is 11.8 Å². The molecule has 1 aromatic carbocycles. The van der Waals surface area contributed by atoms with Crippen LogP contribution < -0.4 is 10.5 Å². The van der Waals surface area contributed by atoms with Crippen LogP contribution in [0.1, 0.15) is 15.9 Å². The van der Waals surface area contributed by atoms with E-state index in [2.05, 4.69) is 4.98 Å². The number of aromatic amines is 1. The van der Waals surface area contributed by atoms with E-state index in [0.717, 1.165) is 11.1 Å². The van der Waals surface area contributed by atoms with Crippen LogP contribution in [0.2, 0.25) is 0 Å². The number of carbonyl (C=O) groups is 1. The van der Waals surface area contributed by atoms with Gasteiger partial charge in [0.1, 0.15) is 17.1 Å². The molecule has 1 aromatic heterocycles. The van der Waals surface area contributed by atoms with Crippen molar-refractivity contribution in [3.05, 3.63) is 35.4 Å². The molecule has 4 N–H and O–H groups in total. The topological polar surface area (TPSA) is 88.3 Å². The van der Waals surface area contributed by atoms with E-state index in [9.17, 15) is 4.79 Å². The number of nitrogen functional groups attached to an aromatic ring is 1. The summed E-state index contributed by atoms with van der Waals surface area (Å²) in [7, 11) is 1.57. The summed E-state index contributed by atoms with van der Waals surface area (Å²) in [5.41, 5.74) is 8.17. The van der Waals surface area contributed by atoms with Crippen molar-refractivity contribution in [3.63, 3.8) is 0 Å². The monoisotopic (exact) mass is 246 g/mol. The average molecular weight is 246 g/mol. The van der Waals surface area contributed by atoms with Crippen LogP contribution in [0.25, 0.3) is 11.3 Å². The molecule has 0 saturated carbocycles. The molecule has 1 heterocycles. The van der Waals surface area contributed by atoms with Crippen LogP contribution in [0.3, 0.4) is 0 Å². The van der Waals surface area contributed by atoms with Gasteiger partial charge in [-0.2, -0.15) is 0 Å². The van der Waals surface area contributed by atoms with Crippen molar-refractivity contribution in [1.82, 2.24) is 4.98 Å². The normalized spacial score (nSPS) is 10.3. The third-order valence-corrected chi connectivity index (χ3v) is 2.72. The number of carboxylic acid groups (broad SMARTS) is 1. The minimum Gasteiger partial charge on any atom is -0.496 e. The number of aromatic carboxylic acids is 1. The predicted molar refractivity (Wildman–Crippen MR) is 68.9 cm³/mol. The third kappa shape index (κ3) is 2.02.